The molecule has 3 aromatic carbocycles. The molecular formula is C36H45ClO6. The first kappa shape index (κ1) is 34.0. The molecule has 2 atom stereocenters. The summed E-state index contributed by atoms with van der Waals surface area (Å²) < 4.78 is 24.5. The molecule has 0 saturated heterocycles. The summed E-state index contributed by atoms with van der Waals surface area (Å²) in [6.45, 7) is 15.4. The van der Waals surface area contributed by atoms with Crippen molar-refractivity contribution in [3.8, 4) is 11.5 Å². The summed E-state index contributed by atoms with van der Waals surface area (Å²) in [5.41, 5.74) is 0.709. The fourth-order valence-electron chi connectivity index (χ4n) is 4.84. The minimum atomic E-state index is -0.424. The van der Waals surface area contributed by atoms with Gasteiger partial charge in [0.1, 0.15) is 36.9 Å². The summed E-state index contributed by atoms with van der Waals surface area (Å²) in [4.78, 5) is 24.8. The van der Waals surface area contributed by atoms with Crippen LogP contribution in [0.3, 0.4) is 0 Å². The molecule has 232 valence electrons. The van der Waals surface area contributed by atoms with Crippen LogP contribution in [0, 0.1) is 0 Å². The molecule has 0 N–H and O–H groups in total. The number of esters is 2. The van der Waals surface area contributed by atoms with Gasteiger partial charge in [0.2, 0.25) is 0 Å². The summed E-state index contributed by atoms with van der Waals surface area (Å²) in [5.74, 6) is 0.457. The Labute approximate surface area is 261 Å². The summed E-state index contributed by atoms with van der Waals surface area (Å²) in [6.07, 6.45) is 6.58. The van der Waals surface area contributed by atoms with Gasteiger partial charge in [0.15, 0.2) is 0 Å². The van der Waals surface area contributed by atoms with E-state index in [4.69, 9.17) is 30.5 Å². The molecule has 0 aliphatic rings. The number of fused-ring (bicyclic) bond motifs is 2. The van der Waals surface area contributed by atoms with Crippen molar-refractivity contribution in [2.45, 2.75) is 91.3 Å². The third-order valence-corrected chi connectivity index (χ3v) is 7.45. The zero-order valence-corrected chi connectivity index (χ0v) is 26.8. The van der Waals surface area contributed by atoms with Crippen molar-refractivity contribution in [3.05, 3.63) is 71.8 Å². The van der Waals surface area contributed by atoms with Gasteiger partial charge in [-0.3, -0.25) is 0 Å². The van der Waals surface area contributed by atoms with Crippen LogP contribution >= 0.6 is 11.6 Å². The minimum Gasteiger partial charge on any atom is -0.488 e. The van der Waals surface area contributed by atoms with Crippen LogP contribution in [0.25, 0.3) is 21.5 Å². The molecule has 0 aliphatic carbocycles. The molecule has 0 radical (unpaired) electrons. The molecule has 6 nitrogen and oxygen atoms in total. The lowest BCUT2D eigenvalue weighted by molar-refractivity contribution is -0.147. The van der Waals surface area contributed by atoms with E-state index in [1.807, 2.05) is 42.5 Å². The topological polar surface area (TPSA) is 71.1 Å². The number of halogens is 1. The van der Waals surface area contributed by atoms with E-state index in [1.165, 1.54) is 0 Å². The van der Waals surface area contributed by atoms with Crippen LogP contribution in [0.15, 0.2) is 66.8 Å². The van der Waals surface area contributed by atoms with Crippen molar-refractivity contribution in [3.63, 3.8) is 0 Å². The second-order valence-corrected chi connectivity index (χ2v) is 11.6. The molecule has 3 rings (SSSR count). The molecule has 7 heteroatoms. The number of hydrogen-bond donors (Lipinski definition) is 0. The van der Waals surface area contributed by atoms with Crippen molar-refractivity contribution in [2.24, 2.45) is 0 Å². The molecule has 43 heavy (non-hydrogen) atoms. The van der Waals surface area contributed by atoms with E-state index >= 15 is 0 Å². The van der Waals surface area contributed by atoms with Crippen molar-refractivity contribution in [1.82, 2.24) is 0 Å². The van der Waals surface area contributed by atoms with Crippen LogP contribution < -0.4 is 9.47 Å². The Hall–Kier alpha value is -3.51. The molecule has 0 aromatic heterocycles. The Balaban J connectivity index is 1.99. The average Bonchev–Trinajstić information content (AvgIpc) is 2.98. The van der Waals surface area contributed by atoms with E-state index in [-0.39, 0.29) is 13.2 Å². The van der Waals surface area contributed by atoms with Crippen LogP contribution in [0.4, 0.5) is 0 Å². The van der Waals surface area contributed by atoms with E-state index < -0.39 is 24.1 Å². The van der Waals surface area contributed by atoms with Gasteiger partial charge in [0.05, 0.1) is 0 Å². The second kappa shape index (κ2) is 17.0. The highest BCUT2D eigenvalue weighted by atomic mass is 35.5. The molecule has 0 heterocycles. The fourth-order valence-corrected chi connectivity index (χ4v) is 5.01. The molecule has 0 bridgehead atoms. The van der Waals surface area contributed by atoms with E-state index in [1.54, 1.807) is 13.8 Å². The number of hydrogen-bond acceptors (Lipinski definition) is 6. The summed E-state index contributed by atoms with van der Waals surface area (Å²) in [6, 6.07) is 13.4. The Morgan fingerprint density at radius 2 is 1.14 bits per heavy atom. The van der Waals surface area contributed by atoms with E-state index in [0.29, 0.717) is 40.5 Å². The van der Waals surface area contributed by atoms with Gasteiger partial charge in [-0.1, -0.05) is 88.6 Å². The normalized spacial score (nSPS) is 12.5. The van der Waals surface area contributed by atoms with Gasteiger partial charge in [0, 0.05) is 37.7 Å². The van der Waals surface area contributed by atoms with Crippen molar-refractivity contribution < 1.29 is 28.5 Å². The Morgan fingerprint density at radius 1 is 0.698 bits per heavy atom. The second-order valence-electron chi connectivity index (χ2n) is 11.1. The van der Waals surface area contributed by atoms with Gasteiger partial charge < -0.3 is 18.9 Å². The third kappa shape index (κ3) is 9.75. The third-order valence-electron chi connectivity index (χ3n) is 7.22. The maximum Gasteiger partial charge on any atom is 0.333 e. The molecular weight excluding hydrogens is 564 g/mol. The van der Waals surface area contributed by atoms with Crippen LogP contribution in [-0.4, -0.2) is 37.4 Å². The number of benzene rings is 3. The number of rotatable bonds is 18. The standard InChI is InChI=1S/C36H45ClO6/c1-7-9-11-15-27(42-35(38)24(3)4)22-40-33-29-17-13-14-18-30(29)34(32-21-26(37)19-20-31(32)33)41-23-28(16-12-10-8-2)43-36(39)25(5)6/h13-14,17-21,27-28H,3,5,7-12,15-16,22-23H2,1-2,4,6H3. The van der Waals surface area contributed by atoms with Crippen LogP contribution in [0.5, 0.6) is 11.5 Å². The highest BCUT2D eigenvalue weighted by molar-refractivity contribution is 6.31. The number of carbonyl (C=O) groups excluding carboxylic acids is 2. The average molecular weight is 609 g/mol. The molecule has 0 aliphatic heterocycles. The Kier molecular flexibility index (Phi) is 13.4. The maximum absolute atomic E-state index is 12.4. The van der Waals surface area contributed by atoms with Crippen molar-refractivity contribution in [1.29, 1.82) is 0 Å². The molecule has 0 fully saturated rings. The zero-order chi connectivity index (χ0) is 31.4. The predicted octanol–water partition coefficient (Wildman–Crippen LogP) is 9.54. The Morgan fingerprint density at radius 3 is 1.58 bits per heavy atom. The lowest BCUT2D eigenvalue weighted by Gasteiger charge is -2.23. The maximum atomic E-state index is 12.4. The molecule has 0 saturated carbocycles. The fraction of sp³-hybridized carbons (Fsp3) is 0.444. The number of unbranched alkanes of at least 4 members (excludes halogenated alkanes) is 4. The van der Waals surface area contributed by atoms with Gasteiger partial charge in [-0.05, 0) is 57.7 Å². The van der Waals surface area contributed by atoms with Crippen molar-refractivity contribution in [2.75, 3.05) is 13.2 Å². The zero-order valence-electron chi connectivity index (χ0n) is 26.0. The minimum absolute atomic E-state index is 0.185. The van der Waals surface area contributed by atoms with E-state index in [2.05, 4.69) is 27.0 Å². The van der Waals surface area contributed by atoms with Crippen LogP contribution in [-0.2, 0) is 19.1 Å². The largest absolute Gasteiger partial charge is 0.488 e. The lowest BCUT2D eigenvalue weighted by Crippen LogP contribution is -2.26. The Bertz CT molecular complexity index is 1430. The smallest absolute Gasteiger partial charge is 0.333 e. The van der Waals surface area contributed by atoms with Gasteiger partial charge in [-0.2, -0.15) is 0 Å². The summed E-state index contributed by atoms with van der Waals surface area (Å²) in [7, 11) is 0. The lowest BCUT2D eigenvalue weighted by atomic mass is 10.0. The highest BCUT2D eigenvalue weighted by Crippen LogP contribution is 2.44. The predicted molar refractivity (Wildman–Crippen MR) is 175 cm³/mol. The first-order chi connectivity index (χ1) is 20.7. The quantitative estimate of drug-likeness (QED) is 0.0620. The summed E-state index contributed by atoms with van der Waals surface area (Å²) >= 11 is 6.49. The first-order valence-corrected chi connectivity index (χ1v) is 15.7. The number of ether oxygens (including phenoxy) is 4. The molecule has 0 amide bonds. The van der Waals surface area contributed by atoms with E-state index in [9.17, 15) is 9.59 Å². The highest BCUT2D eigenvalue weighted by Gasteiger charge is 2.22. The summed E-state index contributed by atoms with van der Waals surface area (Å²) in [5, 5.41) is 3.85. The van der Waals surface area contributed by atoms with Gasteiger partial charge in [-0.25, -0.2) is 9.59 Å². The van der Waals surface area contributed by atoms with Crippen LogP contribution in [0.2, 0.25) is 5.02 Å². The molecule has 3 aromatic rings. The first-order valence-electron chi connectivity index (χ1n) is 15.3. The SMILES string of the molecule is C=C(C)C(=O)OC(CCCCC)COc1c2ccccc2c(OCC(CCCCC)OC(=O)C(=C)C)c2cc(Cl)ccc12. The number of carbonyl (C=O) groups is 2. The van der Waals surface area contributed by atoms with Crippen LogP contribution in [0.1, 0.15) is 79.1 Å². The van der Waals surface area contributed by atoms with Gasteiger partial charge in [0.25, 0.3) is 0 Å². The van der Waals surface area contributed by atoms with Gasteiger partial charge >= 0.3 is 11.9 Å². The van der Waals surface area contributed by atoms with E-state index in [0.717, 1.165) is 60.1 Å². The monoisotopic (exact) mass is 608 g/mol. The van der Waals surface area contributed by atoms with Crippen molar-refractivity contribution >= 4 is 45.1 Å². The molecule has 0 spiro atoms. The van der Waals surface area contributed by atoms with Gasteiger partial charge in [-0.15, -0.1) is 0 Å². The molecule has 2 unspecified atom stereocenters.